The second-order valence-corrected chi connectivity index (χ2v) is 7.62. The highest BCUT2D eigenvalue weighted by atomic mass is 32.2. The van der Waals surface area contributed by atoms with Gasteiger partial charge in [-0.2, -0.15) is 0 Å². The number of amidine groups is 1. The Kier molecular flexibility index (Phi) is 5.10. The molecule has 0 aromatic heterocycles. The van der Waals surface area contributed by atoms with E-state index in [1.54, 1.807) is 12.1 Å². The molecule has 2 heterocycles. The molecule has 1 amide bonds. The SMILES string of the molecule is CC1(c2cc(NC(=O)C3CCCCN3)ccc2F)CCSC(N)=N1. The summed E-state index contributed by atoms with van der Waals surface area (Å²) >= 11 is 1.48. The largest absolute Gasteiger partial charge is 0.379 e. The number of aliphatic imine (C=N–C) groups is 1. The van der Waals surface area contributed by atoms with Crippen molar-refractivity contribution in [3.63, 3.8) is 0 Å². The Morgan fingerprint density at radius 1 is 1.50 bits per heavy atom. The molecule has 0 radical (unpaired) electrons. The van der Waals surface area contributed by atoms with Gasteiger partial charge in [-0.1, -0.05) is 18.2 Å². The smallest absolute Gasteiger partial charge is 0.241 e. The van der Waals surface area contributed by atoms with Crippen molar-refractivity contribution in [2.24, 2.45) is 10.7 Å². The van der Waals surface area contributed by atoms with Gasteiger partial charge in [0.25, 0.3) is 0 Å². The molecular weight excluding hydrogens is 327 g/mol. The second-order valence-electron chi connectivity index (χ2n) is 6.51. The minimum Gasteiger partial charge on any atom is -0.379 e. The van der Waals surface area contributed by atoms with Crippen LogP contribution in [-0.4, -0.2) is 29.4 Å². The first-order valence-electron chi connectivity index (χ1n) is 8.30. The van der Waals surface area contributed by atoms with Crippen LogP contribution < -0.4 is 16.4 Å². The summed E-state index contributed by atoms with van der Waals surface area (Å²) in [6.45, 7) is 2.74. The Labute approximate surface area is 145 Å². The maximum Gasteiger partial charge on any atom is 0.241 e. The minimum atomic E-state index is -0.691. The molecule has 2 aliphatic heterocycles. The number of piperidine rings is 1. The van der Waals surface area contributed by atoms with Gasteiger partial charge in [-0.25, -0.2) is 4.39 Å². The molecule has 130 valence electrons. The third-order valence-corrected chi connectivity index (χ3v) is 5.43. The number of nitrogens with two attached hydrogens (primary N) is 1. The number of thioether (sulfide) groups is 1. The fraction of sp³-hybridized carbons (Fsp3) is 0.529. The molecule has 5 nitrogen and oxygen atoms in total. The van der Waals surface area contributed by atoms with Crippen LogP contribution in [-0.2, 0) is 10.3 Å². The van der Waals surface area contributed by atoms with E-state index in [0.29, 0.717) is 22.8 Å². The second kappa shape index (κ2) is 7.11. The molecule has 0 spiro atoms. The number of nitrogens with zero attached hydrogens (tertiary/aromatic N) is 1. The Morgan fingerprint density at radius 3 is 3.04 bits per heavy atom. The average Bonchev–Trinajstić information content (AvgIpc) is 2.57. The van der Waals surface area contributed by atoms with Crippen LogP contribution in [0.4, 0.5) is 10.1 Å². The lowest BCUT2D eigenvalue weighted by Gasteiger charge is -2.30. The minimum absolute atomic E-state index is 0.0698. The van der Waals surface area contributed by atoms with Gasteiger partial charge in [0.15, 0.2) is 5.17 Å². The van der Waals surface area contributed by atoms with E-state index in [-0.39, 0.29) is 17.8 Å². The molecule has 1 aromatic rings. The Morgan fingerprint density at radius 2 is 2.33 bits per heavy atom. The van der Waals surface area contributed by atoms with Crippen molar-refractivity contribution < 1.29 is 9.18 Å². The molecule has 3 rings (SSSR count). The molecule has 24 heavy (non-hydrogen) atoms. The van der Waals surface area contributed by atoms with Gasteiger partial charge in [-0.3, -0.25) is 9.79 Å². The van der Waals surface area contributed by atoms with Crippen molar-refractivity contribution in [3.05, 3.63) is 29.6 Å². The molecule has 0 bridgehead atoms. The van der Waals surface area contributed by atoms with Crippen molar-refractivity contribution >= 4 is 28.5 Å². The summed E-state index contributed by atoms with van der Waals surface area (Å²) in [6, 6.07) is 4.48. The monoisotopic (exact) mass is 350 g/mol. The molecular formula is C17H23FN4OS. The number of nitrogens with one attached hydrogen (secondary N) is 2. The number of halogens is 1. The number of anilines is 1. The van der Waals surface area contributed by atoms with E-state index >= 15 is 0 Å². The predicted octanol–water partition coefficient (Wildman–Crippen LogP) is 2.57. The molecule has 1 saturated heterocycles. The molecule has 1 aromatic carbocycles. The van der Waals surface area contributed by atoms with Gasteiger partial charge >= 0.3 is 0 Å². The van der Waals surface area contributed by atoms with Gasteiger partial charge in [0.05, 0.1) is 11.6 Å². The predicted molar refractivity (Wildman–Crippen MR) is 96.7 cm³/mol. The van der Waals surface area contributed by atoms with Crippen molar-refractivity contribution in [2.45, 2.75) is 44.2 Å². The number of amides is 1. The first kappa shape index (κ1) is 17.2. The van der Waals surface area contributed by atoms with E-state index < -0.39 is 5.54 Å². The summed E-state index contributed by atoms with van der Waals surface area (Å²) in [7, 11) is 0. The van der Waals surface area contributed by atoms with Crippen LogP contribution in [0.3, 0.4) is 0 Å². The van der Waals surface area contributed by atoms with Crippen LogP contribution in [0.1, 0.15) is 38.2 Å². The Balaban J connectivity index is 1.81. The molecule has 0 aliphatic carbocycles. The van der Waals surface area contributed by atoms with Crippen molar-refractivity contribution in [1.82, 2.24) is 5.32 Å². The summed E-state index contributed by atoms with van der Waals surface area (Å²) in [5.41, 5.74) is 6.20. The van der Waals surface area contributed by atoms with Gasteiger partial charge in [0.1, 0.15) is 5.82 Å². The lowest BCUT2D eigenvalue weighted by molar-refractivity contribution is -0.118. The number of carbonyl (C=O) groups is 1. The summed E-state index contributed by atoms with van der Waals surface area (Å²) in [5, 5.41) is 6.58. The third-order valence-electron chi connectivity index (χ3n) is 4.64. The summed E-state index contributed by atoms with van der Waals surface area (Å²) in [4.78, 5) is 16.8. The summed E-state index contributed by atoms with van der Waals surface area (Å²) in [5.74, 6) is 0.405. The van der Waals surface area contributed by atoms with Gasteiger partial charge in [0, 0.05) is 17.0 Å². The van der Waals surface area contributed by atoms with Crippen LogP contribution in [0.15, 0.2) is 23.2 Å². The van der Waals surface area contributed by atoms with Crippen LogP contribution in [0.25, 0.3) is 0 Å². The molecule has 0 saturated carbocycles. The number of hydrogen-bond donors (Lipinski definition) is 3. The first-order valence-corrected chi connectivity index (χ1v) is 9.29. The van der Waals surface area contributed by atoms with E-state index in [1.165, 1.54) is 17.8 Å². The van der Waals surface area contributed by atoms with E-state index in [2.05, 4.69) is 15.6 Å². The topological polar surface area (TPSA) is 79.5 Å². The zero-order chi connectivity index (χ0) is 17.2. The zero-order valence-electron chi connectivity index (χ0n) is 13.8. The highest BCUT2D eigenvalue weighted by Gasteiger charge is 2.32. The number of rotatable bonds is 3. The molecule has 7 heteroatoms. The fourth-order valence-electron chi connectivity index (χ4n) is 3.20. The number of carbonyl (C=O) groups excluding carboxylic acids is 1. The summed E-state index contributed by atoms with van der Waals surface area (Å²) in [6.07, 6.45) is 3.68. The maximum absolute atomic E-state index is 14.4. The van der Waals surface area contributed by atoms with Crippen molar-refractivity contribution in [3.8, 4) is 0 Å². The van der Waals surface area contributed by atoms with Crippen LogP contribution in [0, 0.1) is 5.82 Å². The van der Waals surface area contributed by atoms with Gasteiger partial charge < -0.3 is 16.4 Å². The molecule has 2 unspecified atom stereocenters. The number of hydrogen-bond acceptors (Lipinski definition) is 5. The van der Waals surface area contributed by atoms with Gasteiger partial charge in [-0.05, 0) is 50.9 Å². The summed E-state index contributed by atoms with van der Waals surface area (Å²) < 4.78 is 14.4. The first-order chi connectivity index (χ1) is 11.5. The van der Waals surface area contributed by atoms with E-state index in [0.717, 1.165) is 31.6 Å². The maximum atomic E-state index is 14.4. The Hall–Kier alpha value is -1.60. The lowest BCUT2D eigenvalue weighted by Crippen LogP contribution is -2.43. The highest BCUT2D eigenvalue weighted by Crippen LogP contribution is 2.37. The van der Waals surface area contributed by atoms with Crippen LogP contribution in [0.2, 0.25) is 0 Å². The average molecular weight is 350 g/mol. The molecule has 1 fully saturated rings. The normalized spacial score (nSPS) is 27.4. The van der Waals surface area contributed by atoms with E-state index in [1.807, 2.05) is 6.92 Å². The van der Waals surface area contributed by atoms with E-state index in [4.69, 9.17) is 5.73 Å². The number of benzene rings is 1. The fourth-order valence-corrected chi connectivity index (χ4v) is 4.18. The molecule has 4 N–H and O–H groups in total. The zero-order valence-corrected chi connectivity index (χ0v) is 14.6. The van der Waals surface area contributed by atoms with E-state index in [9.17, 15) is 9.18 Å². The van der Waals surface area contributed by atoms with Gasteiger partial charge in [-0.15, -0.1) is 0 Å². The molecule has 2 aliphatic rings. The van der Waals surface area contributed by atoms with Crippen molar-refractivity contribution in [2.75, 3.05) is 17.6 Å². The van der Waals surface area contributed by atoms with Gasteiger partial charge in [0.2, 0.25) is 5.91 Å². The van der Waals surface area contributed by atoms with Crippen molar-refractivity contribution in [1.29, 1.82) is 0 Å². The van der Waals surface area contributed by atoms with Crippen LogP contribution >= 0.6 is 11.8 Å². The lowest BCUT2D eigenvalue weighted by atomic mass is 9.89. The third kappa shape index (κ3) is 3.72. The quantitative estimate of drug-likeness (QED) is 0.783. The highest BCUT2D eigenvalue weighted by molar-refractivity contribution is 8.13. The van der Waals surface area contributed by atoms with Crippen LogP contribution in [0.5, 0.6) is 0 Å². The molecule has 2 atom stereocenters. The Bertz CT molecular complexity index is 660. The standard InChI is InChI=1S/C17H23FN4OS/c1-17(7-9-24-16(19)22-17)12-10-11(5-6-13(12)18)21-15(23)14-4-2-3-8-20-14/h5-6,10,14,20H,2-4,7-9H2,1H3,(H2,19,22)(H,21,23).